The van der Waals surface area contributed by atoms with Gasteiger partial charge in [0.1, 0.15) is 6.61 Å². The number of morpholine rings is 1. The molecule has 0 atom stereocenters. The van der Waals surface area contributed by atoms with E-state index in [9.17, 15) is 9.59 Å². The molecule has 1 N–H and O–H groups in total. The van der Waals surface area contributed by atoms with E-state index in [1.807, 2.05) is 12.1 Å². The molecule has 132 valence electrons. The SMILES string of the molecule is COCCOCC(=O)NCC(=O)c1ccc(N2CCOCC2)cc1. The van der Waals surface area contributed by atoms with Crippen LogP contribution in [0.5, 0.6) is 0 Å². The van der Waals surface area contributed by atoms with Crippen LogP contribution >= 0.6 is 0 Å². The quantitative estimate of drug-likeness (QED) is 0.522. The van der Waals surface area contributed by atoms with Gasteiger partial charge in [-0.05, 0) is 24.3 Å². The van der Waals surface area contributed by atoms with E-state index in [0.717, 1.165) is 32.0 Å². The molecular weight excluding hydrogens is 312 g/mol. The van der Waals surface area contributed by atoms with Crippen LogP contribution in [0.15, 0.2) is 24.3 Å². The van der Waals surface area contributed by atoms with Crippen LogP contribution in [0.4, 0.5) is 5.69 Å². The summed E-state index contributed by atoms with van der Waals surface area (Å²) < 4.78 is 15.2. The molecule has 0 saturated carbocycles. The van der Waals surface area contributed by atoms with Crippen molar-refractivity contribution in [3.05, 3.63) is 29.8 Å². The van der Waals surface area contributed by atoms with Crippen molar-refractivity contribution in [2.45, 2.75) is 0 Å². The highest BCUT2D eigenvalue weighted by Crippen LogP contribution is 2.16. The molecule has 7 heteroatoms. The molecule has 0 aromatic heterocycles. The van der Waals surface area contributed by atoms with Gasteiger partial charge in [0.2, 0.25) is 5.91 Å². The number of hydrogen-bond acceptors (Lipinski definition) is 6. The van der Waals surface area contributed by atoms with Gasteiger partial charge in [0, 0.05) is 31.5 Å². The Hall–Kier alpha value is -1.96. The van der Waals surface area contributed by atoms with Gasteiger partial charge in [-0.15, -0.1) is 0 Å². The smallest absolute Gasteiger partial charge is 0.246 e. The van der Waals surface area contributed by atoms with Gasteiger partial charge < -0.3 is 24.4 Å². The average molecular weight is 336 g/mol. The monoisotopic (exact) mass is 336 g/mol. The Morgan fingerprint density at radius 1 is 1.17 bits per heavy atom. The number of carbonyl (C=O) groups excluding carboxylic acids is 2. The fourth-order valence-corrected chi connectivity index (χ4v) is 2.32. The van der Waals surface area contributed by atoms with Gasteiger partial charge in [0.15, 0.2) is 5.78 Å². The van der Waals surface area contributed by atoms with Gasteiger partial charge in [-0.2, -0.15) is 0 Å². The number of methoxy groups -OCH3 is 1. The third-order valence-electron chi connectivity index (χ3n) is 3.68. The summed E-state index contributed by atoms with van der Waals surface area (Å²) in [4.78, 5) is 25.9. The number of rotatable bonds is 9. The van der Waals surface area contributed by atoms with Crippen molar-refractivity contribution in [2.75, 3.05) is 64.7 Å². The van der Waals surface area contributed by atoms with Crippen molar-refractivity contribution in [2.24, 2.45) is 0 Å². The van der Waals surface area contributed by atoms with Gasteiger partial charge in [-0.1, -0.05) is 0 Å². The third-order valence-corrected chi connectivity index (χ3v) is 3.68. The average Bonchev–Trinajstić information content (AvgIpc) is 2.64. The number of ketones is 1. The van der Waals surface area contributed by atoms with Crippen LogP contribution in [-0.4, -0.2) is 71.5 Å². The van der Waals surface area contributed by atoms with Crippen molar-refractivity contribution in [3.8, 4) is 0 Å². The Labute approximate surface area is 141 Å². The molecule has 7 nitrogen and oxygen atoms in total. The van der Waals surface area contributed by atoms with E-state index in [2.05, 4.69) is 10.2 Å². The highest BCUT2D eigenvalue weighted by Gasteiger charge is 2.12. The van der Waals surface area contributed by atoms with E-state index in [0.29, 0.717) is 18.8 Å². The zero-order valence-electron chi connectivity index (χ0n) is 14.0. The van der Waals surface area contributed by atoms with E-state index >= 15 is 0 Å². The number of ether oxygens (including phenoxy) is 3. The lowest BCUT2D eigenvalue weighted by molar-refractivity contribution is -0.125. The first-order valence-electron chi connectivity index (χ1n) is 8.00. The van der Waals surface area contributed by atoms with E-state index < -0.39 is 0 Å². The first-order valence-corrected chi connectivity index (χ1v) is 8.00. The molecule has 0 bridgehead atoms. The third kappa shape index (κ3) is 5.92. The number of Topliss-reactive ketones (excluding diaryl/α,β-unsaturated/α-hetero) is 1. The molecular formula is C17H24N2O5. The van der Waals surface area contributed by atoms with Crippen LogP contribution < -0.4 is 10.2 Å². The minimum Gasteiger partial charge on any atom is -0.382 e. The fraction of sp³-hybridized carbons (Fsp3) is 0.529. The molecule has 0 unspecified atom stereocenters. The lowest BCUT2D eigenvalue weighted by Crippen LogP contribution is -2.36. The molecule has 24 heavy (non-hydrogen) atoms. The van der Waals surface area contributed by atoms with Crippen LogP contribution in [0.1, 0.15) is 10.4 Å². The fourth-order valence-electron chi connectivity index (χ4n) is 2.32. The normalized spacial score (nSPS) is 14.5. The molecule has 1 fully saturated rings. The number of nitrogens with one attached hydrogen (secondary N) is 1. The van der Waals surface area contributed by atoms with Crippen LogP contribution in [0, 0.1) is 0 Å². The molecule has 0 radical (unpaired) electrons. The minimum atomic E-state index is -0.315. The highest BCUT2D eigenvalue weighted by atomic mass is 16.5. The number of benzene rings is 1. The predicted molar refractivity (Wildman–Crippen MR) is 89.5 cm³/mol. The van der Waals surface area contributed by atoms with Gasteiger partial charge in [0.05, 0.1) is 33.0 Å². The Bertz CT molecular complexity index is 526. The Morgan fingerprint density at radius 3 is 2.54 bits per heavy atom. The standard InChI is InChI=1S/C17H24N2O5/c1-22-10-11-24-13-17(21)18-12-16(20)14-2-4-15(5-3-14)19-6-8-23-9-7-19/h2-5H,6-13H2,1H3,(H,18,21). The molecule has 1 aliphatic rings. The molecule has 1 heterocycles. The van der Waals surface area contributed by atoms with Crippen LogP contribution in [0.3, 0.4) is 0 Å². The molecule has 1 aromatic rings. The Kier molecular flexibility index (Phi) is 7.67. The van der Waals surface area contributed by atoms with Gasteiger partial charge in [0.25, 0.3) is 0 Å². The maximum atomic E-state index is 12.1. The van der Waals surface area contributed by atoms with Crippen LogP contribution in [0.25, 0.3) is 0 Å². The summed E-state index contributed by atoms with van der Waals surface area (Å²) in [6.07, 6.45) is 0. The van der Waals surface area contributed by atoms with Crippen LogP contribution in [-0.2, 0) is 19.0 Å². The van der Waals surface area contributed by atoms with Crippen molar-refractivity contribution < 1.29 is 23.8 Å². The molecule has 1 amide bonds. The topological polar surface area (TPSA) is 77.1 Å². The van der Waals surface area contributed by atoms with E-state index in [-0.39, 0.29) is 24.8 Å². The number of hydrogen-bond donors (Lipinski definition) is 1. The lowest BCUT2D eigenvalue weighted by Gasteiger charge is -2.28. The molecule has 0 spiro atoms. The maximum Gasteiger partial charge on any atom is 0.246 e. The zero-order chi connectivity index (χ0) is 17.2. The zero-order valence-corrected chi connectivity index (χ0v) is 14.0. The van der Waals surface area contributed by atoms with Crippen molar-refractivity contribution in [1.82, 2.24) is 5.32 Å². The molecule has 2 rings (SSSR count). The van der Waals surface area contributed by atoms with E-state index in [1.54, 1.807) is 19.2 Å². The summed E-state index contributed by atoms with van der Waals surface area (Å²) in [6.45, 7) is 3.82. The summed E-state index contributed by atoms with van der Waals surface area (Å²) in [5.74, 6) is -0.446. The number of anilines is 1. The Morgan fingerprint density at radius 2 is 1.88 bits per heavy atom. The number of nitrogens with zero attached hydrogens (tertiary/aromatic N) is 1. The first-order chi connectivity index (χ1) is 11.7. The van der Waals surface area contributed by atoms with Crippen molar-refractivity contribution >= 4 is 17.4 Å². The van der Waals surface area contributed by atoms with E-state index in [4.69, 9.17) is 14.2 Å². The van der Waals surface area contributed by atoms with Crippen LogP contribution in [0.2, 0.25) is 0 Å². The second-order valence-corrected chi connectivity index (χ2v) is 5.39. The lowest BCUT2D eigenvalue weighted by atomic mass is 10.1. The van der Waals surface area contributed by atoms with Crippen molar-refractivity contribution in [3.63, 3.8) is 0 Å². The summed E-state index contributed by atoms with van der Waals surface area (Å²) in [7, 11) is 1.56. The Balaban J connectivity index is 1.74. The highest BCUT2D eigenvalue weighted by molar-refractivity contribution is 5.99. The summed E-state index contributed by atoms with van der Waals surface area (Å²) in [5, 5.41) is 2.55. The number of carbonyl (C=O) groups is 2. The molecule has 1 aromatic carbocycles. The molecule has 0 aliphatic carbocycles. The summed E-state index contributed by atoms with van der Waals surface area (Å²) in [5.41, 5.74) is 1.65. The first kappa shape index (κ1) is 18.4. The predicted octanol–water partition coefficient (Wildman–Crippen LogP) is 0.485. The summed E-state index contributed by atoms with van der Waals surface area (Å²) in [6, 6.07) is 7.42. The van der Waals surface area contributed by atoms with Gasteiger partial charge >= 0.3 is 0 Å². The van der Waals surface area contributed by atoms with Gasteiger partial charge in [-0.3, -0.25) is 9.59 Å². The second-order valence-electron chi connectivity index (χ2n) is 5.39. The summed E-state index contributed by atoms with van der Waals surface area (Å²) >= 11 is 0. The molecule has 1 saturated heterocycles. The molecule has 1 aliphatic heterocycles. The largest absolute Gasteiger partial charge is 0.382 e. The number of amides is 1. The minimum absolute atomic E-state index is 0.0383. The van der Waals surface area contributed by atoms with Gasteiger partial charge in [-0.25, -0.2) is 0 Å². The van der Waals surface area contributed by atoms with E-state index in [1.165, 1.54) is 0 Å². The van der Waals surface area contributed by atoms with Crippen molar-refractivity contribution in [1.29, 1.82) is 0 Å². The second kappa shape index (κ2) is 10.0. The maximum absolute atomic E-state index is 12.1.